The summed E-state index contributed by atoms with van der Waals surface area (Å²) in [7, 11) is 0. The highest BCUT2D eigenvalue weighted by molar-refractivity contribution is 6.18. The summed E-state index contributed by atoms with van der Waals surface area (Å²) in [4.78, 5) is 27.3. The van der Waals surface area contributed by atoms with Crippen molar-refractivity contribution in [2.24, 2.45) is 0 Å². The Balaban J connectivity index is 2.02. The number of carbonyl (C=O) groups is 1. The Kier molecular flexibility index (Phi) is 6.54. The maximum absolute atomic E-state index is 13.4. The lowest BCUT2D eigenvalue weighted by Crippen LogP contribution is -2.36. The van der Waals surface area contributed by atoms with Crippen LogP contribution in [0.3, 0.4) is 0 Å². The molecule has 1 aromatic heterocycles. The number of aliphatic hydroxyl groups is 1. The molecule has 1 N–H and O–H groups in total. The molecule has 0 spiro atoms. The first-order valence-corrected chi connectivity index (χ1v) is 9.08. The van der Waals surface area contributed by atoms with E-state index in [1.165, 1.54) is 10.6 Å². The van der Waals surface area contributed by atoms with Crippen LogP contribution >= 0.6 is 0 Å². The minimum atomic E-state index is -0.324. The molecule has 1 heterocycles. The number of aromatic nitrogens is 1. The lowest BCUT2D eigenvalue weighted by Gasteiger charge is -2.24. The van der Waals surface area contributed by atoms with E-state index in [1.807, 2.05) is 60.7 Å². The monoisotopic (exact) mass is 374 g/mol. The molecule has 0 radical (unpaired) electrons. The standard InChI is InChI=1S/C23H22N2O3/c26-16-15-24(18-20-11-5-2-6-12-20)23(28)21(17-19-9-3-1-4-10-19)25-14-8-7-13-22(25)27/h1-14,17,26H,15-16,18H2/b21-17+. The van der Waals surface area contributed by atoms with Gasteiger partial charge in [-0.3, -0.25) is 14.2 Å². The number of benzene rings is 2. The minimum absolute atomic E-state index is 0.166. The van der Waals surface area contributed by atoms with E-state index in [4.69, 9.17) is 0 Å². The molecule has 0 unspecified atom stereocenters. The lowest BCUT2D eigenvalue weighted by molar-refractivity contribution is -0.126. The molecule has 3 aromatic rings. The van der Waals surface area contributed by atoms with Crippen LogP contribution in [0.25, 0.3) is 11.8 Å². The fourth-order valence-corrected chi connectivity index (χ4v) is 2.91. The zero-order valence-corrected chi connectivity index (χ0v) is 15.4. The number of hydrogen-bond donors (Lipinski definition) is 1. The Morgan fingerprint density at radius 1 is 0.929 bits per heavy atom. The molecular formula is C23H22N2O3. The van der Waals surface area contributed by atoms with Gasteiger partial charge in [-0.2, -0.15) is 0 Å². The van der Waals surface area contributed by atoms with E-state index in [0.717, 1.165) is 11.1 Å². The second kappa shape index (κ2) is 9.48. The minimum Gasteiger partial charge on any atom is -0.395 e. The van der Waals surface area contributed by atoms with Crippen molar-refractivity contribution in [3.05, 3.63) is 107 Å². The van der Waals surface area contributed by atoms with Gasteiger partial charge >= 0.3 is 0 Å². The maximum atomic E-state index is 13.4. The van der Waals surface area contributed by atoms with E-state index in [9.17, 15) is 14.7 Å². The third-order valence-corrected chi connectivity index (χ3v) is 4.28. The van der Waals surface area contributed by atoms with Gasteiger partial charge in [0.15, 0.2) is 0 Å². The Hall–Kier alpha value is -3.44. The molecule has 0 aliphatic carbocycles. The Labute approximate surface area is 163 Å². The van der Waals surface area contributed by atoms with Crippen molar-refractivity contribution in [3.8, 4) is 0 Å². The SMILES string of the molecule is O=C(/C(=C\c1ccccc1)n1ccccc1=O)N(CCO)Cc1ccccc1. The summed E-state index contributed by atoms with van der Waals surface area (Å²) < 4.78 is 1.34. The summed E-state index contributed by atoms with van der Waals surface area (Å²) in [6.07, 6.45) is 3.27. The fraction of sp³-hybridized carbons (Fsp3) is 0.130. The predicted octanol–water partition coefficient (Wildman–Crippen LogP) is 2.87. The van der Waals surface area contributed by atoms with Crippen LogP contribution < -0.4 is 5.56 Å². The zero-order valence-electron chi connectivity index (χ0n) is 15.4. The van der Waals surface area contributed by atoms with E-state index < -0.39 is 0 Å². The van der Waals surface area contributed by atoms with Gasteiger partial charge in [0.1, 0.15) is 5.70 Å². The van der Waals surface area contributed by atoms with Gasteiger partial charge in [-0.1, -0.05) is 66.7 Å². The summed E-state index contributed by atoms with van der Waals surface area (Å²) in [5, 5.41) is 9.48. The summed E-state index contributed by atoms with van der Waals surface area (Å²) in [5.41, 5.74) is 1.71. The third-order valence-electron chi connectivity index (χ3n) is 4.28. The van der Waals surface area contributed by atoms with Crippen molar-refractivity contribution in [2.75, 3.05) is 13.2 Å². The number of rotatable bonds is 7. The predicted molar refractivity (Wildman–Crippen MR) is 110 cm³/mol. The first kappa shape index (κ1) is 19.3. The van der Waals surface area contributed by atoms with E-state index in [1.54, 1.807) is 29.3 Å². The summed E-state index contributed by atoms with van der Waals surface area (Å²) in [5.74, 6) is -0.324. The summed E-state index contributed by atoms with van der Waals surface area (Å²) >= 11 is 0. The molecular weight excluding hydrogens is 352 g/mol. The largest absolute Gasteiger partial charge is 0.395 e. The molecule has 2 aromatic carbocycles. The molecule has 0 aliphatic rings. The molecule has 0 fully saturated rings. The molecule has 0 saturated carbocycles. The zero-order chi connectivity index (χ0) is 19.8. The van der Waals surface area contributed by atoms with Gasteiger partial charge in [0.05, 0.1) is 6.61 Å². The van der Waals surface area contributed by atoms with Crippen molar-refractivity contribution in [2.45, 2.75) is 6.54 Å². The molecule has 0 atom stereocenters. The van der Waals surface area contributed by atoms with E-state index >= 15 is 0 Å². The molecule has 0 bridgehead atoms. The van der Waals surface area contributed by atoms with E-state index in [-0.39, 0.29) is 30.3 Å². The highest BCUT2D eigenvalue weighted by atomic mass is 16.3. The van der Waals surface area contributed by atoms with Crippen molar-refractivity contribution in [1.82, 2.24) is 9.47 Å². The smallest absolute Gasteiger partial charge is 0.271 e. The summed E-state index contributed by atoms with van der Waals surface area (Å²) in [6.45, 7) is 0.344. The summed E-state index contributed by atoms with van der Waals surface area (Å²) in [6, 6.07) is 23.7. The van der Waals surface area contributed by atoms with Crippen LogP contribution in [0.5, 0.6) is 0 Å². The van der Waals surface area contributed by atoms with Crippen molar-refractivity contribution >= 4 is 17.7 Å². The highest BCUT2D eigenvalue weighted by Gasteiger charge is 2.20. The van der Waals surface area contributed by atoms with Crippen LogP contribution in [0.4, 0.5) is 0 Å². The van der Waals surface area contributed by atoms with E-state index in [2.05, 4.69) is 0 Å². The maximum Gasteiger partial charge on any atom is 0.271 e. The number of amides is 1. The number of aliphatic hydroxyl groups excluding tert-OH is 1. The quantitative estimate of drug-likeness (QED) is 0.647. The fourth-order valence-electron chi connectivity index (χ4n) is 2.91. The second-order valence-electron chi connectivity index (χ2n) is 6.29. The van der Waals surface area contributed by atoms with E-state index in [0.29, 0.717) is 6.54 Å². The van der Waals surface area contributed by atoms with Gasteiger partial charge in [0.2, 0.25) is 0 Å². The Bertz CT molecular complexity index is 995. The molecule has 3 rings (SSSR count). The van der Waals surface area contributed by atoms with Crippen molar-refractivity contribution in [1.29, 1.82) is 0 Å². The average molecular weight is 374 g/mol. The van der Waals surface area contributed by atoms with Gasteiger partial charge < -0.3 is 10.0 Å². The van der Waals surface area contributed by atoms with Gasteiger partial charge in [-0.25, -0.2) is 0 Å². The van der Waals surface area contributed by atoms with Gasteiger partial charge in [-0.15, -0.1) is 0 Å². The van der Waals surface area contributed by atoms with Crippen LogP contribution in [0.1, 0.15) is 11.1 Å². The molecule has 142 valence electrons. The normalized spacial score (nSPS) is 11.2. The molecule has 5 heteroatoms. The second-order valence-corrected chi connectivity index (χ2v) is 6.29. The average Bonchev–Trinajstić information content (AvgIpc) is 2.73. The van der Waals surface area contributed by atoms with Crippen LogP contribution in [-0.4, -0.2) is 33.6 Å². The molecule has 1 amide bonds. The van der Waals surface area contributed by atoms with Crippen LogP contribution in [0.2, 0.25) is 0 Å². The highest BCUT2D eigenvalue weighted by Crippen LogP contribution is 2.15. The number of carbonyl (C=O) groups excluding carboxylic acids is 1. The van der Waals surface area contributed by atoms with Gasteiger partial charge in [0, 0.05) is 25.4 Å². The topological polar surface area (TPSA) is 62.5 Å². The van der Waals surface area contributed by atoms with Crippen molar-refractivity contribution < 1.29 is 9.90 Å². The Morgan fingerprint density at radius 2 is 1.57 bits per heavy atom. The lowest BCUT2D eigenvalue weighted by atomic mass is 10.1. The first-order valence-electron chi connectivity index (χ1n) is 9.08. The number of hydrogen-bond acceptors (Lipinski definition) is 3. The van der Waals surface area contributed by atoms with Crippen LogP contribution in [0.15, 0.2) is 89.9 Å². The van der Waals surface area contributed by atoms with Crippen molar-refractivity contribution in [3.63, 3.8) is 0 Å². The molecule has 0 saturated heterocycles. The van der Waals surface area contributed by atoms with Gasteiger partial charge in [-0.05, 0) is 23.3 Å². The first-order chi connectivity index (χ1) is 13.7. The number of nitrogens with zero attached hydrogens (tertiary/aromatic N) is 2. The molecule has 5 nitrogen and oxygen atoms in total. The number of pyridine rings is 1. The van der Waals surface area contributed by atoms with Gasteiger partial charge in [0.25, 0.3) is 11.5 Å². The van der Waals surface area contributed by atoms with Crippen LogP contribution in [-0.2, 0) is 11.3 Å². The third kappa shape index (κ3) is 4.84. The Morgan fingerprint density at radius 3 is 2.21 bits per heavy atom. The molecule has 28 heavy (non-hydrogen) atoms. The molecule has 0 aliphatic heterocycles. The van der Waals surface area contributed by atoms with Crippen LogP contribution in [0, 0.1) is 0 Å².